The molecule has 1 aromatic carbocycles. The summed E-state index contributed by atoms with van der Waals surface area (Å²) in [6.07, 6.45) is 2.23. The van der Waals surface area contributed by atoms with Gasteiger partial charge in [-0.15, -0.1) is 0 Å². The van der Waals surface area contributed by atoms with Crippen LogP contribution in [0.2, 0.25) is 0 Å². The van der Waals surface area contributed by atoms with Crippen molar-refractivity contribution in [3.63, 3.8) is 0 Å². The first-order valence-electron chi connectivity index (χ1n) is 9.05. The van der Waals surface area contributed by atoms with Crippen molar-refractivity contribution in [1.29, 1.82) is 0 Å². The van der Waals surface area contributed by atoms with Gasteiger partial charge in [0.1, 0.15) is 0 Å². The summed E-state index contributed by atoms with van der Waals surface area (Å²) in [5, 5.41) is 0. The predicted molar refractivity (Wildman–Crippen MR) is 97.7 cm³/mol. The minimum absolute atomic E-state index is 0.0137. The topological polar surface area (TPSA) is 80.8 Å². The lowest BCUT2D eigenvalue weighted by atomic mass is 10.0. The van der Waals surface area contributed by atoms with E-state index in [1.807, 2.05) is 12.1 Å². The summed E-state index contributed by atoms with van der Waals surface area (Å²) in [5.41, 5.74) is 1.53. The molecule has 1 heterocycles. The summed E-state index contributed by atoms with van der Waals surface area (Å²) in [4.78, 5) is 26.4. The zero-order valence-corrected chi connectivity index (χ0v) is 16.0. The summed E-state index contributed by atoms with van der Waals surface area (Å²) in [7, 11) is -3.07. The van der Waals surface area contributed by atoms with Crippen molar-refractivity contribution in [1.82, 2.24) is 4.90 Å². The first-order valence-corrected chi connectivity index (χ1v) is 10.9. The van der Waals surface area contributed by atoms with Gasteiger partial charge in [0.15, 0.2) is 16.4 Å². The third-order valence-electron chi connectivity index (χ3n) is 4.97. The van der Waals surface area contributed by atoms with Crippen molar-refractivity contribution < 1.29 is 22.7 Å². The van der Waals surface area contributed by atoms with Crippen molar-refractivity contribution in [2.24, 2.45) is 0 Å². The van der Waals surface area contributed by atoms with Gasteiger partial charge in [-0.2, -0.15) is 0 Å². The smallest absolute Gasteiger partial charge is 0.338 e. The van der Waals surface area contributed by atoms with Crippen LogP contribution in [0.25, 0.3) is 0 Å². The molecule has 1 aliphatic heterocycles. The van der Waals surface area contributed by atoms with Gasteiger partial charge in [0.25, 0.3) is 5.91 Å². The van der Waals surface area contributed by atoms with Gasteiger partial charge >= 0.3 is 5.97 Å². The van der Waals surface area contributed by atoms with E-state index >= 15 is 0 Å². The Morgan fingerprint density at radius 2 is 1.77 bits per heavy atom. The number of sulfone groups is 1. The Hall–Kier alpha value is -1.89. The molecule has 0 bridgehead atoms. The van der Waals surface area contributed by atoms with Gasteiger partial charge in [0.05, 0.1) is 17.1 Å². The van der Waals surface area contributed by atoms with E-state index < -0.39 is 15.8 Å². The molecule has 1 aliphatic carbocycles. The normalized spacial score (nSPS) is 21.6. The molecule has 1 saturated carbocycles. The molecule has 3 rings (SSSR count). The van der Waals surface area contributed by atoms with Gasteiger partial charge in [0, 0.05) is 12.1 Å². The van der Waals surface area contributed by atoms with Gasteiger partial charge in [-0.25, -0.2) is 13.2 Å². The molecular weight excluding hydrogens is 354 g/mol. The Morgan fingerprint density at radius 3 is 2.27 bits per heavy atom. The summed E-state index contributed by atoms with van der Waals surface area (Å²) in [5.74, 6) is -0.336. The van der Waals surface area contributed by atoms with E-state index in [1.54, 1.807) is 17.0 Å². The Balaban J connectivity index is 1.59. The minimum atomic E-state index is -3.07. The Kier molecular flexibility index (Phi) is 5.37. The number of ether oxygens (including phenoxy) is 1. The second kappa shape index (κ2) is 7.39. The molecule has 0 spiro atoms. The van der Waals surface area contributed by atoms with Gasteiger partial charge in [0.2, 0.25) is 0 Å². The van der Waals surface area contributed by atoms with E-state index in [0.29, 0.717) is 17.9 Å². The second-order valence-corrected chi connectivity index (χ2v) is 9.67. The fourth-order valence-corrected chi connectivity index (χ4v) is 5.05. The maximum absolute atomic E-state index is 12.6. The number of benzene rings is 1. The van der Waals surface area contributed by atoms with Crippen molar-refractivity contribution in [2.75, 3.05) is 18.1 Å². The lowest BCUT2D eigenvalue weighted by Gasteiger charge is -2.28. The molecule has 26 heavy (non-hydrogen) atoms. The molecule has 1 amide bonds. The zero-order valence-electron chi connectivity index (χ0n) is 15.2. The number of hydrogen-bond donors (Lipinski definition) is 0. The standard InChI is InChI=1S/C19H25NO5S/c1-13(2)14-3-5-15(6-4-14)19(22)25-11-18(21)20(16-7-8-16)17-9-10-26(23,24)12-17/h3-6,13,16-17H,7-12H2,1-2H3/t17-/m0/s1. The molecule has 0 aromatic heterocycles. The highest BCUT2D eigenvalue weighted by molar-refractivity contribution is 7.91. The number of rotatable bonds is 6. The highest BCUT2D eigenvalue weighted by Crippen LogP contribution is 2.32. The molecular formula is C19H25NO5S. The van der Waals surface area contributed by atoms with Gasteiger partial charge in [-0.3, -0.25) is 4.79 Å². The number of carbonyl (C=O) groups excluding carboxylic acids is 2. The fourth-order valence-electron chi connectivity index (χ4n) is 3.34. The average Bonchev–Trinajstić information content (AvgIpc) is 3.36. The Bertz CT molecular complexity index is 781. The first kappa shape index (κ1) is 18.9. The van der Waals surface area contributed by atoms with Gasteiger partial charge in [-0.1, -0.05) is 26.0 Å². The van der Waals surface area contributed by atoms with Crippen molar-refractivity contribution in [3.8, 4) is 0 Å². The van der Waals surface area contributed by atoms with Crippen LogP contribution >= 0.6 is 0 Å². The molecule has 1 saturated heterocycles. The van der Waals surface area contributed by atoms with E-state index in [-0.39, 0.29) is 36.1 Å². The van der Waals surface area contributed by atoms with Crippen LogP contribution in [0.1, 0.15) is 54.9 Å². The van der Waals surface area contributed by atoms with Crippen molar-refractivity contribution in [3.05, 3.63) is 35.4 Å². The molecule has 0 N–H and O–H groups in total. The third-order valence-corrected chi connectivity index (χ3v) is 6.72. The monoisotopic (exact) mass is 379 g/mol. The van der Waals surface area contributed by atoms with Crippen molar-refractivity contribution in [2.45, 2.75) is 51.1 Å². The highest BCUT2D eigenvalue weighted by atomic mass is 32.2. The van der Waals surface area contributed by atoms with E-state index in [9.17, 15) is 18.0 Å². The molecule has 7 heteroatoms. The van der Waals surface area contributed by atoms with E-state index in [0.717, 1.165) is 18.4 Å². The van der Waals surface area contributed by atoms with Gasteiger partial charge in [-0.05, 0) is 42.9 Å². The highest BCUT2D eigenvalue weighted by Gasteiger charge is 2.42. The maximum Gasteiger partial charge on any atom is 0.338 e. The SMILES string of the molecule is CC(C)c1ccc(C(=O)OCC(=O)N(C2CC2)[C@H]2CCS(=O)(=O)C2)cc1. The molecule has 1 atom stereocenters. The number of amides is 1. The Morgan fingerprint density at radius 1 is 1.12 bits per heavy atom. The van der Waals surface area contributed by atoms with Crippen LogP contribution in [0.15, 0.2) is 24.3 Å². The fraction of sp³-hybridized carbons (Fsp3) is 0.579. The molecule has 0 radical (unpaired) electrons. The summed E-state index contributed by atoms with van der Waals surface area (Å²) in [6.45, 7) is 3.79. The van der Waals surface area contributed by atoms with E-state index in [4.69, 9.17) is 4.74 Å². The summed E-state index contributed by atoms with van der Waals surface area (Å²) in [6, 6.07) is 6.95. The molecule has 6 nitrogen and oxygen atoms in total. The van der Waals surface area contributed by atoms with Crippen LogP contribution in [0, 0.1) is 0 Å². The van der Waals surface area contributed by atoms with Crippen LogP contribution in [-0.4, -0.2) is 55.4 Å². The van der Waals surface area contributed by atoms with Crippen molar-refractivity contribution >= 4 is 21.7 Å². The van der Waals surface area contributed by atoms with E-state index in [2.05, 4.69) is 13.8 Å². The lowest BCUT2D eigenvalue weighted by molar-refractivity contribution is -0.137. The van der Waals surface area contributed by atoms with Crippen LogP contribution in [0.4, 0.5) is 0 Å². The average molecular weight is 379 g/mol. The largest absolute Gasteiger partial charge is 0.452 e. The molecule has 2 fully saturated rings. The quantitative estimate of drug-likeness (QED) is 0.708. The van der Waals surface area contributed by atoms with E-state index in [1.165, 1.54) is 0 Å². The second-order valence-electron chi connectivity index (χ2n) is 7.44. The maximum atomic E-state index is 12.6. The van der Waals surface area contributed by atoms with Crippen LogP contribution in [0.5, 0.6) is 0 Å². The lowest BCUT2D eigenvalue weighted by Crippen LogP contribution is -2.44. The number of esters is 1. The predicted octanol–water partition coefficient (Wildman–Crippen LogP) is 2.14. The Labute approximate surface area is 154 Å². The molecule has 1 aromatic rings. The number of hydrogen-bond acceptors (Lipinski definition) is 5. The number of nitrogens with zero attached hydrogens (tertiary/aromatic N) is 1. The van der Waals surface area contributed by atoms with Gasteiger partial charge < -0.3 is 9.64 Å². The molecule has 142 valence electrons. The molecule has 0 unspecified atom stereocenters. The van der Waals surface area contributed by atoms with Crippen LogP contribution in [-0.2, 0) is 19.4 Å². The van der Waals surface area contributed by atoms with Crippen LogP contribution < -0.4 is 0 Å². The third kappa shape index (κ3) is 4.44. The zero-order chi connectivity index (χ0) is 18.9. The summed E-state index contributed by atoms with van der Waals surface area (Å²) >= 11 is 0. The van der Waals surface area contributed by atoms with Crippen LogP contribution in [0.3, 0.4) is 0 Å². The summed E-state index contributed by atoms with van der Waals surface area (Å²) < 4.78 is 28.6. The first-order chi connectivity index (χ1) is 12.3. The molecule has 2 aliphatic rings. The minimum Gasteiger partial charge on any atom is -0.452 e. The number of carbonyl (C=O) groups is 2.